The van der Waals surface area contributed by atoms with Gasteiger partial charge in [0.15, 0.2) is 0 Å². The van der Waals surface area contributed by atoms with Gasteiger partial charge < -0.3 is 9.84 Å². The van der Waals surface area contributed by atoms with Crippen LogP contribution in [0.25, 0.3) is 0 Å². The van der Waals surface area contributed by atoms with Crippen LogP contribution in [0.2, 0.25) is 0 Å². The Kier molecular flexibility index (Phi) is 3.98. The summed E-state index contributed by atoms with van der Waals surface area (Å²) in [7, 11) is 1.69. The zero-order chi connectivity index (χ0) is 12.3. The highest BCUT2D eigenvalue weighted by molar-refractivity contribution is 5.41. The average Bonchev–Trinajstić information content (AvgIpc) is 2.18. The summed E-state index contributed by atoms with van der Waals surface area (Å²) in [6.45, 7) is 7.85. The second-order valence-corrected chi connectivity index (χ2v) is 5.06. The van der Waals surface area contributed by atoms with E-state index < -0.39 is 5.60 Å². The van der Waals surface area contributed by atoms with E-state index in [9.17, 15) is 5.11 Å². The van der Waals surface area contributed by atoms with E-state index in [1.807, 2.05) is 13.8 Å². The van der Waals surface area contributed by atoms with E-state index in [1.54, 1.807) is 7.11 Å². The van der Waals surface area contributed by atoms with Crippen LogP contribution in [0.4, 0.5) is 0 Å². The van der Waals surface area contributed by atoms with Crippen LogP contribution in [0.1, 0.15) is 37.0 Å². The smallest absolute Gasteiger partial charge is 0.122 e. The highest BCUT2D eigenvalue weighted by atomic mass is 16.5. The van der Waals surface area contributed by atoms with Crippen LogP contribution >= 0.6 is 0 Å². The number of hydrogen-bond donors (Lipinski definition) is 1. The molecule has 0 fully saturated rings. The lowest BCUT2D eigenvalue weighted by atomic mass is 9.96. The van der Waals surface area contributed by atoms with Crippen molar-refractivity contribution in [2.75, 3.05) is 7.11 Å². The predicted octanol–water partition coefficient (Wildman–Crippen LogP) is 3.02. The third-order valence-corrected chi connectivity index (χ3v) is 2.90. The zero-order valence-electron chi connectivity index (χ0n) is 10.9. The zero-order valence-corrected chi connectivity index (χ0v) is 10.9. The van der Waals surface area contributed by atoms with Gasteiger partial charge in [0.05, 0.1) is 12.7 Å². The van der Waals surface area contributed by atoms with E-state index >= 15 is 0 Å². The molecule has 1 aromatic rings. The molecule has 0 radical (unpaired) electrons. The minimum absolute atomic E-state index is 0.621. The van der Waals surface area contributed by atoms with E-state index in [4.69, 9.17) is 4.74 Å². The van der Waals surface area contributed by atoms with Gasteiger partial charge in [0.25, 0.3) is 0 Å². The summed E-state index contributed by atoms with van der Waals surface area (Å²) in [5.74, 6) is 0.923. The molecule has 1 aromatic carbocycles. The molecular formula is C14H22O2. The lowest BCUT2D eigenvalue weighted by Crippen LogP contribution is -2.19. The van der Waals surface area contributed by atoms with Gasteiger partial charge in [-0.25, -0.2) is 0 Å². The summed E-state index contributed by atoms with van der Waals surface area (Å²) in [5.41, 5.74) is 3.06. The normalized spacial score (nSPS) is 11.6. The Bertz CT molecular complexity index is 362. The number of benzene rings is 1. The summed E-state index contributed by atoms with van der Waals surface area (Å²) in [5, 5.41) is 9.73. The first-order chi connectivity index (χ1) is 7.33. The second-order valence-electron chi connectivity index (χ2n) is 5.06. The van der Waals surface area contributed by atoms with Crippen LogP contribution in [-0.4, -0.2) is 17.8 Å². The molecule has 0 aliphatic carbocycles. The third-order valence-electron chi connectivity index (χ3n) is 2.90. The monoisotopic (exact) mass is 222 g/mol. The highest BCUT2D eigenvalue weighted by Gasteiger charge is 2.14. The van der Waals surface area contributed by atoms with Gasteiger partial charge in [0, 0.05) is 0 Å². The maximum absolute atomic E-state index is 9.73. The molecule has 1 rings (SSSR count). The van der Waals surface area contributed by atoms with E-state index in [0.29, 0.717) is 0 Å². The van der Waals surface area contributed by atoms with Gasteiger partial charge in [-0.15, -0.1) is 0 Å². The Labute approximate surface area is 98.3 Å². The van der Waals surface area contributed by atoms with Gasteiger partial charge in [-0.2, -0.15) is 0 Å². The van der Waals surface area contributed by atoms with Gasteiger partial charge in [0.2, 0.25) is 0 Å². The molecule has 2 heteroatoms. The van der Waals surface area contributed by atoms with Crippen molar-refractivity contribution in [2.45, 2.75) is 46.1 Å². The fraction of sp³-hybridized carbons (Fsp3) is 0.571. The summed E-state index contributed by atoms with van der Waals surface area (Å²) in [6, 6.07) is 4.22. The summed E-state index contributed by atoms with van der Waals surface area (Å²) in [4.78, 5) is 0. The summed E-state index contributed by atoms with van der Waals surface area (Å²) >= 11 is 0. The average molecular weight is 222 g/mol. The standard InChI is InChI=1S/C14H22O2/c1-10-8-12(6-7-14(3,4)15)13(16-5)9-11(10)2/h8-9,15H,6-7H2,1-5H3. The minimum Gasteiger partial charge on any atom is -0.496 e. The van der Waals surface area contributed by atoms with Crippen molar-refractivity contribution in [1.29, 1.82) is 0 Å². The molecular weight excluding hydrogens is 200 g/mol. The molecule has 0 aliphatic rings. The van der Waals surface area contributed by atoms with Crippen LogP contribution in [0.5, 0.6) is 5.75 Å². The summed E-state index contributed by atoms with van der Waals surface area (Å²) in [6.07, 6.45) is 1.58. The lowest BCUT2D eigenvalue weighted by Gasteiger charge is -2.18. The Morgan fingerprint density at radius 3 is 2.25 bits per heavy atom. The molecule has 0 atom stereocenters. The fourth-order valence-electron chi connectivity index (χ4n) is 1.68. The molecule has 0 saturated heterocycles. The Morgan fingerprint density at radius 2 is 1.75 bits per heavy atom. The quantitative estimate of drug-likeness (QED) is 0.848. The molecule has 0 bridgehead atoms. The number of hydrogen-bond acceptors (Lipinski definition) is 2. The molecule has 0 unspecified atom stereocenters. The van der Waals surface area contributed by atoms with E-state index in [2.05, 4.69) is 26.0 Å². The third kappa shape index (κ3) is 3.53. The van der Waals surface area contributed by atoms with Gasteiger partial charge in [-0.1, -0.05) is 6.07 Å². The van der Waals surface area contributed by atoms with Crippen molar-refractivity contribution in [1.82, 2.24) is 0 Å². The van der Waals surface area contributed by atoms with Crippen molar-refractivity contribution < 1.29 is 9.84 Å². The fourth-order valence-corrected chi connectivity index (χ4v) is 1.68. The topological polar surface area (TPSA) is 29.5 Å². The molecule has 16 heavy (non-hydrogen) atoms. The van der Waals surface area contributed by atoms with Crippen molar-refractivity contribution in [3.63, 3.8) is 0 Å². The number of aryl methyl sites for hydroxylation is 3. The molecule has 0 aliphatic heterocycles. The number of ether oxygens (including phenoxy) is 1. The van der Waals surface area contributed by atoms with Gasteiger partial charge in [0.1, 0.15) is 5.75 Å². The molecule has 0 heterocycles. The van der Waals surface area contributed by atoms with Crippen LogP contribution in [-0.2, 0) is 6.42 Å². The Hall–Kier alpha value is -1.02. The van der Waals surface area contributed by atoms with Gasteiger partial charge in [-0.3, -0.25) is 0 Å². The SMILES string of the molecule is COc1cc(C)c(C)cc1CCC(C)(C)O. The van der Waals surface area contributed by atoms with E-state index in [1.165, 1.54) is 16.7 Å². The highest BCUT2D eigenvalue weighted by Crippen LogP contribution is 2.25. The van der Waals surface area contributed by atoms with E-state index in [-0.39, 0.29) is 0 Å². The maximum Gasteiger partial charge on any atom is 0.122 e. The first-order valence-corrected chi connectivity index (χ1v) is 5.70. The first-order valence-electron chi connectivity index (χ1n) is 5.70. The molecule has 0 amide bonds. The number of aliphatic hydroxyl groups is 1. The van der Waals surface area contributed by atoms with Crippen molar-refractivity contribution >= 4 is 0 Å². The molecule has 2 nitrogen and oxygen atoms in total. The molecule has 1 N–H and O–H groups in total. The minimum atomic E-state index is -0.621. The maximum atomic E-state index is 9.73. The van der Waals surface area contributed by atoms with Crippen molar-refractivity contribution in [3.8, 4) is 5.75 Å². The van der Waals surface area contributed by atoms with Crippen molar-refractivity contribution in [2.24, 2.45) is 0 Å². The van der Waals surface area contributed by atoms with Crippen molar-refractivity contribution in [3.05, 3.63) is 28.8 Å². The lowest BCUT2D eigenvalue weighted by molar-refractivity contribution is 0.0712. The van der Waals surface area contributed by atoms with Gasteiger partial charge >= 0.3 is 0 Å². The van der Waals surface area contributed by atoms with Gasteiger partial charge in [-0.05, 0) is 63.3 Å². The molecule has 90 valence electrons. The number of methoxy groups -OCH3 is 1. The number of rotatable bonds is 4. The Balaban J connectivity index is 2.90. The predicted molar refractivity (Wildman–Crippen MR) is 67.1 cm³/mol. The second kappa shape index (κ2) is 4.88. The first kappa shape index (κ1) is 13.0. The van der Waals surface area contributed by atoms with Crippen LogP contribution in [0.3, 0.4) is 0 Å². The Morgan fingerprint density at radius 1 is 1.19 bits per heavy atom. The molecule has 0 aromatic heterocycles. The van der Waals surface area contributed by atoms with Crippen LogP contribution < -0.4 is 4.74 Å². The molecule has 0 spiro atoms. The van der Waals surface area contributed by atoms with Crippen LogP contribution in [0, 0.1) is 13.8 Å². The molecule has 0 saturated carbocycles. The largest absolute Gasteiger partial charge is 0.496 e. The summed E-state index contributed by atoms with van der Waals surface area (Å²) < 4.78 is 5.36. The van der Waals surface area contributed by atoms with Crippen LogP contribution in [0.15, 0.2) is 12.1 Å². The van der Waals surface area contributed by atoms with E-state index in [0.717, 1.165) is 18.6 Å².